The molecule has 5 rings (SSSR count). The van der Waals surface area contributed by atoms with Gasteiger partial charge in [-0.05, 0) is 39.9 Å². The molecule has 0 unspecified atom stereocenters. The van der Waals surface area contributed by atoms with Crippen LogP contribution < -0.4 is 0 Å². The fraction of sp³-hybridized carbons (Fsp3) is 0. The Balaban J connectivity index is 2.06. The Labute approximate surface area is 186 Å². The van der Waals surface area contributed by atoms with Gasteiger partial charge in [-0.25, -0.2) is 35.1 Å². The Kier molecular flexibility index (Phi) is 5.04. The molecule has 0 bridgehead atoms. The van der Waals surface area contributed by atoms with Crippen molar-refractivity contribution < 1.29 is 35.1 Å². The molecule has 0 aliphatic carbocycles. The van der Waals surface area contributed by atoms with Gasteiger partial charge in [0.2, 0.25) is 5.82 Å². The van der Waals surface area contributed by atoms with Crippen molar-refractivity contribution in [2.45, 2.75) is 0 Å². The van der Waals surface area contributed by atoms with Crippen LogP contribution >= 0.6 is 0 Å². The summed E-state index contributed by atoms with van der Waals surface area (Å²) in [7, 11) is 0. The second-order valence-corrected chi connectivity index (χ2v) is 7.53. The average molecular weight is 474 g/mol. The smallest absolute Gasteiger partial charge is 0.200 e. The molecule has 0 radical (unpaired) electrons. The van der Waals surface area contributed by atoms with Crippen LogP contribution in [0.1, 0.15) is 0 Å². The Morgan fingerprint density at radius 1 is 0.382 bits per heavy atom. The number of hydrogen-bond acceptors (Lipinski definition) is 0. The summed E-state index contributed by atoms with van der Waals surface area (Å²) in [5, 5.41) is -0.290. The van der Waals surface area contributed by atoms with Crippen LogP contribution in [0.3, 0.4) is 0 Å². The van der Waals surface area contributed by atoms with Crippen LogP contribution in [0, 0.1) is 46.5 Å². The highest BCUT2D eigenvalue weighted by atomic mass is 19.2. The molecule has 5 aromatic rings. The van der Waals surface area contributed by atoms with E-state index in [0.29, 0.717) is 0 Å². The van der Waals surface area contributed by atoms with Crippen LogP contribution in [0.2, 0.25) is 0 Å². The zero-order valence-corrected chi connectivity index (χ0v) is 16.8. The molecule has 0 aliphatic heterocycles. The van der Waals surface area contributed by atoms with E-state index in [9.17, 15) is 30.7 Å². The maximum atomic E-state index is 15.2. The van der Waals surface area contributed by atoms with Crippen LogP contribution in [-0.2, 0) is 0 Å². The molecular formula is C26H10F8. The molecule has 0 saturated carbocycles. The van der Waals surface area contributed by atoms with E-state index in [2.05, 4.69) is 0 Å². The summed E-state index contributed by atoms with van der Waals surface area (Å²) >= 11 is 0. The van der Waals surface area contributed by atoms with Gasteiger partial charge in [0.05, 0.1) is 5.56 Å². The molecule has 0 fully saturated rings. The highest BCUT2D eigenvalue weighted by Crippen LogP contribution is 2.46. The summed E-state index contributed by atoms with van der Waals surface area (Å²) in [6.07, 6.45) is 0. The van der Waals surface area contributed by atoms with E-state index in [1.807, 2.05) is 0 Å². The van der Waals surface area contributed by atoms with Crippen molar-refractivity contribution in [1.82, 2.24) is 0 Å². The van der Waals surface area contributed by atoms with E-state index in [1.54, 1.807) is 0 Å². The number of fused-ring (bicyclic) bond motifs is 2. The molecule has 0 N–H and O–H groups in total. The van der Waals surface area contributed by atoms with Crippen molar-refractivity contribution in [3.63, 3.8) is 0 Å². The topological polar surface area (TPSA) is 0 Å². The minimum atomic E-state index is -2.32. The van der Waals surface area contributed by atoms with E-state index in [-0.39, 0.29) is 32.7 Å². The molecule has 0 amide bonds. The zero-order valence-electron chi connectivity index (χ0n) is 16.8. The van der Waals surface area contributed by atoms with Crippen LogP contribution in [-0.4, -0.2) is 0 Å². The SMILES string of the molecule is Fc1ccc(-c2c3ccccc3c(-c3c(F)c(F)c(F)c(F)c3F)c3cccc(F)c23)cc1F. The Bertz CT molecular complexity index is 1610. The second-order valence-electron chi connectivity index (χ2n) is 7.53. The van der Waals surface area contributed by atoms with Crippen molar-refractivity contribution in [3.05, 3.63) is 107 Å². The van der Waals surface area contributed by atoms with Crippen molar-refractivity contribution in [2.75, 3.05) is 0 Å². The van der Waals surface area contributed by atoms with Crippen molar-refractivity contribution in [3.8, 4) is 22.3 Å². The quantitative estimate of drug-likeness (QED) is 0.104. The molecule has 0 aromatic heterocycles. The van der Waals surface area contributed by atoms with Crippen LogP contribution in [0.25, 0.3) is 43.8 Å². The fourth-order valence-corrected chi connectivity index (χ4v) is 4.23. The van der Waals surface area contributed by atoms with E-state index in [1.165, 1.54) is 42.5 Å². The Morgan fingerprint density at radius 2 is 0.941 bits per heavy atom. The van der Waals surface area contributed by atoms with Crippen LogP contribution in [0.4, 0.5) is 35.1 Å². The lowest BCUT2D eigenvalue weighted by molar-refractivity contribution is 0.381. The zero-order chi connectivity index (χ0) is 24.3. The monoisotopic (exact) mass is 474 g/mol. The van der Waals surface area contributed by atoms with Gasteiger partial charge in [-0.1, -0.05) is 42.5 Å². The first-order valence-corrected chi connectivity index (χ1v) is 9.82. The molecule has 0 nitrogen and oxygen atoms in total. The van der Waals surface area contributed by atoms with Gasteiger partial charge in [-0.15, -0.1) is 0 Å². The molecular weight excluding hydrogens is 464 g/mol. The Morgan fingerprint density at radius 3 is 1.56 bits per heavy atom. The van der Waals surface area contributed by atoms with E-state index >= 15 is 4.39 Å². The third-order valence-electron chi connectivity index (χ3n) is 5.67. The predicted octanol–water partition coefficient (Wildman–Crippen LogP) is 8.44. The summed E-state index contributed by atoms with van der Waals surface area (Å²) in [6, 6.07) is 12.1. The highest BCUT2D eigenvalue weighted by molar-refractivity contribution is 6.21. The summed E-state index contributed by atoms with van der Waals surface area (Å²) in [4.78, 5) is 0. The third-order valence-corrected chi connectivity index (χ3v) is 5.67. The first kappa shape index (κ1) is 21.9. The molecule has 0 saturated heterocycles. The fourth-order valence-electron chi connectivity index (χ4n) is 4.23. The normalized spacial score (nSPS) is 11.5. The van der Waals surface area contributed by atoms with Crippen molar-refractivity contribution >= 4 is 21.5 Å². The summed E-state index contributed by atoms with van der Waals surface area (Å²) in [5.74, 6) is -14.0. The maximum absolute atomic E-state index is 15.2. The Hall–Kier alpha value is -3.94. The molecule has 34 heavy (non-hydrogen) atoms. The third kappa shape index (κ3) is 3.05. The van der Waals surface area contributed by atoms with Gasteiger partial charge in [0.25, 0.3) is 0 Å². The van der Waals surface area contributed by atoms with Gasteiger partial charge in [-0.2, -0.15) is 0 Å². The van der Waals surface area contributed by atoms with Gasteiger partial charge in [0.1, 0.15) is 5.82 Å². The minimum Gasteiger partial charge on any atom is -0.206 e. The molecule has 0 atom stereocenters. The van der Waals surface area contributed by atoms with E-state index in [4.69, 9.17) is 0 Å². The van der Waals surface area contributed by atoms with Gasteiger partial charge in [0, 0.05) is 16.5 Å². The number of halogens is 8. The molecule has 5 aromatic carbocycles. The first-order valence-electron chi connectivity index (χ1n) is 9.82. The minimum absolute atomic E-state index is 0.0172. The molecule has 8 heteroatoms. The van der Waals surface area contributed by atoms with E-state index in [0.717, 1.165) is 18.2 Å². The van der Waals surface area contributed by atoms with Gasteiger partial charge in [0.15, 0.2) is 34.9 Å². The number of hydrogen-bond donors (Lipinski definition) is 0. The average Bonchev–Trinajstić information content (AvgIpc) is 2.83. The lowest BCUT2D eigenvalue weighted by atomic mass is 9.85. The van der Waals surface area contributed by atoms with Crippen LogP contribution in [0.15, 0.2) is 60.7 Å². The van der Waals surface area contributed by atoms with Gasteiger partial charge in [-0.3, -0.25) is 0 Å². The van der Waals surface area contributed by atoms with Crippen molar-refractivity contribution in [1.29, 1.82) is 0 Å². The summed E-state index contributed by atoms with van der Waals surface area (Å²) < 4.78 is 114. The summed E-state index contributed by atoms with van der Waals surface area (Å²) in [5.41, 5.74) is -1.53. The molecule has 0 spiro atoms. The number of rotatable bonds is 2. The largest absolute Gasteiger partial charge is 0.206 e. The molecule has 0 heterocycles. The predicted molar refractivity (Wildman–Crippen MR) is 112 cm³/mol. The lowest BCUT2D eigenvalue weighted by Crippen LogP contribution is -2.05. The van der Waals surface area contributed by atoms with E-state index < -0.39 is 57.7 Å². The number of benzene rings is 5. The highest BCUT2D eigenvalue weighted by Gasteiger charge is 2.30. The molecule has 0 aliphatic rings. The van der Waals surface area contributed by atoms with Gasteiger partial charge < -0.3 is 0 Å². The standard InChI is InChI=1S/C26H10F8/c27-15-9-8-11(10-17(15)29)18-12-4-1-2-5-13(12)19(14-6-3-7-16(28)20(14)18)21-22(30)24(32)26(34)25(33)23(21)31/h1-10H. The van der Waals surface area contributed by atoms with Gasteiger partial charge >= 0.3 is 0 Å². The summed E-state index contributed by atoms with van der Waals surface area (Å²) in [6.45, 7) is 0. The maximum Gasteiger partial charge on any atom is 0.200 e. The van der Waals surface area contributed by atoms with Crippen molar-refractivity contribution in [2.24, 2.45) is 0 Å². The lowest BCUT2D eigenvalue weighted by Gasteiger charge is -2.19. The first-order chi connectivity index (χ1) is 16.2. The van der Waals surface area contributed by atoms with Crippen LogP contribution in [0.5, 0.6) is 0 Å². The molecule has 170 valence electrons. The second kappa shape index (κ2) is 7.83.